The van der Waals surface area contributed by atoms with Crippen molar-refractivity contribution in [2.24, 2.45) is 0 Å². The number of hydrogen-bond acceptors (Lipinski definition) is 6. The highest BCUT2D eigenvalue weighted by Gasteiger charge is 2.30. The molecule has 0 bridgehead atoms. The second-order valence-corrected chi connectivity index (χ2v) is 6.87. The number of anilines is 2. The molecule has 1 N–H and O–H groups in total. The topological polar surface area (TPSA) is 83.9 Å². The summed E-state index contributed by atoms with van der Waals surface area (Å²) < 4.78 is 13.0. The van der Waals surface area contributed by atoms with Crippen LogP contribution in [-0.4, -0.2) is 37.3 Å². The van der Waals surface area contributed by atoms with Crippen LogP contribution in [0.4, 0.5) is 16.3 Å². The summed E-state index contributed by atoms with van der Waals surface area (Å²) >= 11 is 0. The molecule has 3 heterocycles. The molecule has 0 unspecified atom stereocenters. The highest BCUT2D eigenvalue weighted by molar-refractivity contribution is 5.77. The van der Waals surface area contributed by atoms with Gasteiger partial charge in [0.05, 0.1) is 11.7 Å². The highest BCUT2D eigenvalue weighted by Crippen LogP contribution is 2.31. The third-order valence-electron chi connectivity index (χ3n) is 4.92. The molecule has 1 fully saturated rings. The van der Waals surface area contributed by atoms with Crippen LogP contribution >= 0.6 is 0 Å². The molecule has 29 heavy (non-hydrogen) atoms. The largest absolute Gasteiger partial charge is 0.334 e. The lowest BCUT2D eigenvalue weighted by molar-refractivity contribution is -0.132. The predicted octanol–water partition coefficient (Wildman–Crippen LogP) is 3.45. The summed E-state index contributed by atoms with van der Waals surface area (Å²) in [5.74, 6) is 0.632. The molecule has 0 saturated carbocycles. The van der Waals surface area contributed by atoms with E-state index in [1.54, 1.807) is 36.8 Å². The third kappa shape index (κ3) is 4.71. The first-order valence-corrected chi connectivity index (χ1v) is 9.60. The van der Waals surface area contributed by atoms with Crippen LogP contribution in [0.5, 0.6) is 0 Å². The Morgan fingerprint density at radius 2 is 1.83 bits per heavy atom. The van der Waals surface area contributed by atoms with Gasteiger partial charge >= 0.3 is 0 Å². The molecule has 1 saturated heterocycles. The van der Waals surface area contributed by atoms with Gasteiger partial charge in [0.2, 0.25) is 17.8 Å². The second kappa shape index (κ2) is 8.72. The molecular formula is C21H21FN6O. The van der Waals surface area contributed by atoms with Crippen LogP contribution in [0.2, 0.25) is 0 Å². The quantitative estimate of drug-likeness (QED) is 0.692. The molecule has 1 aliphatic rings. The van der Waals surface area contributed by atoms with Crippen LogP contribution in [-0.2, 0) is 11.2 Å². The van der Waals surface area contributed by atoms with Crippen LogP contribution in [0.3, 0.4) is 0 Å². The first-order valence-electron chi connectivity index (χ1n) is 9.60. The Kier molecular flexibility index (Phi) is 5.69. The van der Waals surface area contributed by atoms with Gasteiger partial charge in [-0.05, 0) is 49.1 Å². The van der Waals surface area contributed by atoms with E-state index in [0.29, 0.717) is 31.3 Å². The Morgan fingerprint density at radius 1 is 1.07 bits per heavy atom. The van der Waals surface area contributed by atoms with E-state index in [4.69, 9.17) is 0 Å². The number of nitrogens with zero attached hydrogens (tertiary/aromatic N) is 5. The van der Waals surface area contributed by atoms with Gasteiger partial charge in [-0.3, -0.25) is 10.1 Å². The van der Waals surface area contributed by atoms with E-state index in [1.165, 1.54) is 12.1 Å². The Hall–Kier alpha value is -3.42. The first kappa shape index (κ1) is 18.9. The number of aromatic nitrogens is 4. The van der Waals surface area contributed by atoms with Crippen molar-refractivity contribution in [1.29, 1.82) is 0 Å². The van der Waals surface area contributed by atoms with Gasteiger partial charge in [0.25, 0.3) is 0 Å². The van der Waals surface area contributed by atoms with E-state index < -0.39 is 0 Å². The van der Waals surface area contributed by atoms with Crippen molar-refractivity contribution in [3.8, 4) is 0 Å². The zero-order chi connectivity index (χ0) is 20.1. The summed E-state index contributed by atoms with van der Waals surface area (Å²) in [5.41, 5.74) is 1.75. The van der Waals surface area contributed by atoms with Crippen molar-refractivity contribution in [3.63, 3.8) is 0 Å². The molecule has 3 aromatic rings. The zero-order valence-electron chi connectivity index (χ0n) is 15.8. The Bertz CT molecular complexity index is 966. The number of amides is 1. The van der Waals surface area contributed by atoms with Gasteiger partial charge in [0.1, 0.15) is 5.82 Å². The predicted molar refractivity (Wildman–Crippen MR) is 106 cm³/mol. The van der Waals surface area contributed by atoms with Gasteiger partial charge in [-0.1, -0.05) is 12.1 Å². The second-order valence-electron chi connectivity index (χ2n) is 6.87. The fraction of sp³-hybridized carbons (Fsp3) is 0.286. The number of benzene rings is 1. The first-order chi connectivity index (χ1) is 14.2. The molecule has 148 valence electrons. The van der Waals surface area contributed by atoms with Gasteiger partial charge in [-0.25, -0.2) is 24.3 Å². The minimum absolute atomic E-state index is 0.0732. The molecule has 1 amide bonds. The molecule has 0 spiro atoms. The van der Waals surface area contributed by atoms with Crippen LogP contribution < -0.4 is 5.32 Å². The van der Waals surface area contributed by atoms with Crippen LogP contribution in [0.1, 0.15) is 36.6 Å². The maximum atomic E-state index is 13.0. The summed E-state index contributed by atoms with van der Waals surface area (Å²) in [6.07, 6.45) is 7.71. The standard InChI is InChI=1S/C21H21FN6O/c22-16-7-4-15(5-8-16)6-9-19(29)28-14-1-3-18(28)17-10-13-25-21(26-17)27-20-23-11-2-12-24-20/h2,4-5,7-8,10-13,18H,1,3,6,9,14H2,(H,23,24,25,26,27)/t18-/m0/s1. The van der Waals surface area contributed by atoms with Crippen LogP contribution in [0.15, 0.2) is 55.0 Å². The summed E-state index contributed by atoms with van der Waals surface area (Å²) in [5, 5.41) is 2.98. The lowest BCUT2D eigenvalue weighted by Gasteiger charge is -2.24. The van der Waals surface area contributed by atoms with E-state index in [-0.39, 0.29) is 17.8 Å². The van der Waals surface area contributed by atoms with Gasteiger partial charge in [-0.15, -0.1) is 0 Å². The number of nitrogens with one attached hydrogen (secondary N) is 1. The maximum absolute atomic E-state index is 13.0. The summed E-state index contributed by atoms with van der Waals surface area (Å²) in [6, 6.07) is 9.78. The average Bonchev–Trinajstić information content (AvgIpc) is 3.24. The molecule has 1 atom stereocenters. The molecule has 4 rings (SSSR count). The minimum Gasteiger partial charge on any atom is -0.334 e. The average molecular weight is 392 g/mol. The zero-order valence-corrected chi connectivity index (χ0v) is 15.8. The Morgan fingerprint density at radius 3 is 2.62 bits per heavy atom. The lowest BCUT2D eigenvalue weighted by Crippen LogP contribution is -2.31. The summed E-state index contributed by atoms with van der Waals surface area (Å²) in [4.78, 5) is 31.7. The van der Waals surface area contributed by atoms with Crippen molar-refractivity contribution in [2.45, 2.75) is 31.7 Å². The number of hydrogen-bond donors (Lipinski definition) is 1. The van der Waals surface area contributed by atoms with E-state index in [1.807, 2.05) is 11.0 Å². The Balaban J connectivity index is 1.43. The van der Waals surface area contributed by atoms with Crippen molar-refractivity contribution in [3.05, 3.63) is 72.1 Å². The van der Waals surface area contributed by atoms with Gasteiger partial charge < -0.3 is 4.90 Å². The highest BCUT2D eigenvalue weighted by atomic mass is 19.1. The molecule has 1 aliphatic heterocycles. The molecular weight excluding hydrogens is 371 g/mol. The van der Waals surface area contributed by atoms with E-state index in [0.717, 1.165) is 24.1 Å². The maximum Gasteiger partial charge on any atom is 0.229 e. The molecule has 2 aromatic heterocycles. The van der Waals surface area contributed by atoms with Crippen molar-refractivity contribution in [1.82, 2.24) is 24.8 Å². The molecule has 0 radical (unpaired) electrons. The van der Waals surface area contributed by atoms with Crippen molar-refractivity contribution < 1.29 is 9.18 Å². The number of halogens is 1. The lowest BCUT2D eigenvalue weighted by atomic mass is 10.1. The normalized spacial score (nSPS) is 16.0. The van der Waals surface area contributed by atoms with E-state index in [2.05, 4.69) is 25.3 Å². The Labute approximate surface area is 168 Å². The minimum atomic E-state index is -0.270. The van der Waals surface area contributed by atoms with E-state index >= 15 is 0 Å². The number of aryl methyl sites for hydroxylation is 1. The molecule has 1 aromatic carbocycles. The fourth-order valence-electron chi connectivity index (χ4n) is 3.50. The molecule has 7 nitrogen and oxygen atoms in total. The SMILES string of the molecule is O=C(CCc1ccc(F)cc1)N1CCC[C@H]1c1ccnc(Nc2ncccn2)n1. The van der Waals surface area contributed by atoms with Crippen LogP contribution in [0.25, 0.3) is 0 Å². The molecule has 0 aliphatic carbocycles. The fourth-order valence-corrected chi connectivity index (χ4v) is 3.50. The van der Waals surface area contributed by atoms with Crippen LogP contribution in [0, 0.1) is 5.82 Å². The monoisotopic (exact) mass is 392 g/mol. The third-order valence-corrected chi connectivity index (χ3v) is 4.92. The number of carbonyl (C=O) groups excluding carboxylic acids is 1. The van der Waals surface area contributed by atoms with Crippen molar-refractivity contribution in [2.75, 3.05) is 11.9 Å². The summed E-state index contributed by atoms with van der Waals surface area (Å²) in [7, 11) is 0. The number of carbonyl (C=O) groups is 1. The molecule has 8 heteroatoms. The number of likely N-dealkylation sites (tertiary alicyclic amines) is 1. The van der Waals surface area contributed by atoms with Gasteiger partial charge in [-0.2, -0.15) is 0 Å². The van der Waals surface area contributed by atoms with Gasteiger partial charge in [0, 0.05) is 31.6 Å². The van der Waals surface area contributed by atoms with Gasteiger partial charge in [0.15, 0.2) is 0 Å². The number of rotatable bonds is 6. The van der Waals surface area contributed by atoms with E-state index in [9.17, 15) is 9.18 Å². The smallest absolute Gasteiger partial charge is 0.229 e. The van der Waals surface area contributed by atoms with Crippen molar-refractivity contribution >= 4 is 17.8 Å². The summed E-state index contributed by atoms with van der Waals surface area (Å²) in [6.45, 7) is 0.710.